The van der Waals surface area contributed by atoms with Gasteiger partial charge in [-0.25, -0.2) is 0 Å². The molecule has 0 bridgehead atoms. The maximum Gasteiger partial charge on any atom is 0.253 e. The van der Waals surface area contributed by atoms with E-state index in [2.05, 4.69) is 31.9 Å². The van der Waals surface area contributed by atoms with Crippen LogP contribution in [0.3, 0.4) is 0 Å². The van der Waals surface area contributed by atoms with Crippen LogP contribution in [0.5, 0.6) is 5.75 Å². The molecule has 0 radical (unpaired) electrons. The minimum atomic E-state index is -0.103. The Morgan fingerprint density at radius 2 is 2.19 bits per heavy atom. The van der Waals surface area contributed by atoms with Gasteiger partial charge in [-0.05, 0) is 34.1 Å². The third kappa shape index (κ3) is 3.49. The fraction of sp³-hybridized carbons (Fsp3) is 0.364. The molecule has 16 heavy (non-hydrogen) atoms. The standard InChI is InChI=1S/C11H13Br2NO2/c1-7(12)6-14(2)11(16)8-3-4-9(13)10(15)5-8/h3-5,7,15H,6H2,1-2H3. The molecule has 0 aliphatic carbocycles. The maximum absolute atomic E-state index is 11.9. The number of hydrogen-bond acceptors (Lipinski definition) is 2. The molecule has 1 N–H and O–H groups in total. The van der Waals surface area contributed by atoms with Crippen LogP contribution in [0.4, 0.5) is 0 Å². The lowest BCUT2D eigenvalue weighted by Gasteiger charge is -2.18. The van der Waals surface area contributed by atoms with Crippen LogP contribution in [-0.2, 0) is 0 Å². The number of carbonyl (C=O) groups is 1. The largest absolute Gasteiger partial charge is 0.507 e. The van der Waals surface area contributed by atoms with Crippen molar-refractivity contribution in [3.05, 3.63) is 28.2 Å². The number of alkyl halides is 1. The van der Waals surface area contributed by atoms with Crippen molar-refractivity contribution in [3.63, 3.8) is 0 Å². The van der Waals surface area contributed by atoms with E-state index in [0.29, 0.717) is 16.6 Å². The molecule has 1 rings (SSSR count). The van der Waals surface area contributed by atoms with Gasteiger partial charge in [0.1, 0.15) is 5.75 Å². The lowest BCUT2D eigenvalue weighted by Crippen LogP contribution is -2.31. The first kappa shape index (κ1) is 13.5. The highest BCUT2D eigenvalue weighted by Gasteiger charge is 2.14. The third-order valence-electron chi connectivity index (χ3n) is 2.07. The highest BCUT2D eigenvalue weighted by Crippen LogP contribution is 2.24. The molecule has 0 spiro atoms. The fourth-order valence-corrected chi connectivity index (χ4v) is 2.01. The normalized spacial score (nSPS) is 12.2. The summed E-state index contributed by atoms with van der Waals surface area (Å²) in [5.41, 5.74) is 0.483. The molecule has 1 unspecified atom stereocenters. The van der Waals surface area contributed by atoms with Gasteiger partial charge in [0.15, 0.2) is 0 Å². The van der Waals surface area contributed by atoms with Crippen molar-refractivity contribution >= 4 is 37.8 Å². The number of rotatable bonds is 3. The van der Waals surface area contributed by atoms with E-state index in [1.807, 2.05) is 6.92 Å². The fourth-order valence-electron chi connectivity index (χ4n) is 1.33. The van der Waals surface area contributed by atoms with Gasteiger partial charge >= 0.3 is 0 Å². The van der Waals surface area contributed by atoms with Crippen LogP contribution in [0.15, 0.2) is 22.7 Å². The summed E-state index contributed by atoms with van der Waals surface area (Å²) >= 11 is 6.56. The number of aromatic hydroxyl groups is 1. The van der Waals surface area contributed by atoms with E-state index in [1.54, 1.807) is 24.1 Å². The monoisotopic (exact) mass is 349 g/mol. The van der Waals surface area contributed by atoms with E-state index < -0.39 is 0 Å². The Labute approximate surface area is 112 Å². The Morgan fingerprint density at radius 1 is 1.56 bits per heavy atom. The van der Waals surface area contributed by atoms with E-state index >= 15 is 0 Å². The molecule has 0 heterocycles. The van der Waals surface area contributed by atoms with Crippen LogP contribution in [0, 0.1) is 0 Å². The molecule has 88 valence electrons. The SMILES string of the molecule is CC(Br)CN(C)C(=O)c1ccc(Br)c(O)c1. The molecule has 0 aromatic heterocycles. The number of phenolic OH excluding ortho intramolecular Hbond substituents is 1. The number of carbonyl (C=O) groups excluding carboxylic acids is 1. The van der Waals surface area contributed by atoms with E-state index in [1.165, 1.54) is 6.07 Å². The van der Waals surface area contributed by atoms with Gasteiger partial charge in [0.25, 0.3) is 5.91 Å². The van der Waals surface area contributed by atoms with Crippen LogP contribution >= 0.6 is 31.9 Å². The van der Waals surface area contributed by atoms with E-state index in [9.17, 15) is 9.90 Å². The first-order valence-electron chi connectivity index (χ1n) is 4.80. The van der Waals surface area contributed by atoms with Gasteiger partial charge in [-0.15, -0.1) is 0 Å². The maximum atomic E-state index is 11.9. The Kier molecular flexibility index (Phi) is 4.80. The zero-order valence-corrected chi connectivity index (χ0v) is 12.2. The van der Waals surface area contributed by atoms with Crippen molar-refractivity contribution in [2.24, 2.45) is 0 Å². The predicted molar refractivity (Wildman–Crippen MR) is 71.2 cm³/mol. The van der Waals surface area contributed by atoms with Crippen molar-refractivity contribution in [2.45, 2.75) is 11.8 Å². The summed E-state index contributed by atoms with van der Waals surface area (Å²) in [7, 11) is 1.74. The van der Waals surface area contributed by atoms with Crippen molar-refractivity contribution < 1.29 is 9.90 Å². The Balaban J connectivity index is 2.84. The number of benzene rings is 1. The topological polar surface area (TPSA) is 40.5 Å². The molecule has 1 aromatic carbocycles. The summed E-state index contributed by atoms with van der Waals surface area (Å²) in [6.45, 7) is 2.60. The molecule has 0 fully saturated rings. The van der Waals surface area contributed by atoms with Gasteiger partial charge in [-0.2, -0.15) is 0 Å². The van der Waals surface area contributed by atoms with Gasteiger partial charge in [0.05, 0.1) is 4.47 Å². The summed E-state index contributed by atoms with van der Waals surface area (Å²) < 4.78 is 0.584. The number of phenols is 1. The summed E-state index contributed by atoms with van der Waals surface area (Å²) in [6, 6.07) is 4.80. The Morgan fingerprint density at radius 3 is 2.69 bits per heavy atom. The smallest absolute Gasteiger partial charge is 0.253 e. The third-order valence-corrected chi connectivity index (χ3v) is 3.03. The predicted octanol–water partition coefficient (Wildman–Crippen LogP) is 3.01. The van der Waals surface area contributed by atoms with Gasteiger partial charge in [0, 0.05) is 24.0 Å². The number of amides is 1. The van der Waals surface area contributed by atoms with Crippen LogP contribution < -0.4 is 0 Å². The van der Waals surface area contributed by atoms with Crippen LogP contribution in [-0.4, -0.2) is 34.3 Å². The second-order valence-electron chi connectivity index (χ2n) is 3.63. The minimum absolute atomic E-state index is 0.0751. The molecule has 1 atom stereocenters. The quantitative estimate of drug-likeness (QED) is 0.851. The minimum Gasteiger partial charge on any atom is -0.507 e. The summed E-state index contributed by atoms with van der Waals surface area (Å²) in [4.78, 5) is 13.8. The molecular weight excluding hydrogens is 338 g/mol. The summed E-state index contributed by atoms with van der Waals surface area (Å²) in [5, 5.41) is 9.49. The Hall–Kier alpha value is -0.550. The molecule has 0 aliphatic rings. The second kappa shape index (κ2) is 5.68. The second-order valence-corrected chi connectivity index (χ2v) is 6.05. The van der Waals surface area contributed by atoms with Gasteiger partial charge in [-0.1, -0.05) is 22.9 Å². The summed E-state index contributed by atoms with van der Waals surface area (Å²) in [6.07, 6.45) is 0. The highest BCUT2D eigenvalue weighted by molar-refractivity contribution is 9.10. The molecule has 3 nitrogen and oxygen atoms in total. The van der Waals surface area contributed by atoms with Gasteiger partial charge < -0.3 is 10.0 Å². The zero-order valence-electron chi connectivity index (χ0n) is 9.08. The Bertz CT molecular complexity index is 394. The van der Waals surface area contributed by atoms with Crippen LogP contribution in [0.1, 0.15) is 17.3 Å². The van der Waals surface area contributed by atoms with Crippen molar-refractivity contribution in [1.82, 2.24) is 4.90 Å². The zero-order chi connectivity index (χ0) is 12.3. The van der Waals surface area contributed by atoms with Crippen LogP contribution in [0.2, 0.25) is 0 Å². The van der Waals surface area contributed by atoms with Gasteiger partial charge in [0.2, 0.25) is 0 Å². The highest BCUT2D eigenvalue weighted by atomic mass is 79.9. The number of halogens is 2. The van der Waals surface area contributed by atoms with Crippen molar-refractivity contribution in [1.29, 1.82) is 0 Å². The average molecular weight is 351 g/mol. The van der Waals surface area contributed by atoms with Crippen LogP contribution in [0.25, 0.3) is 0 Å². The lowest BCUT2D eigenvalue weighted by molar-refractivity contribution is 0.0797. The van der Waals surface area contributed by atoms with Gasteiger partial charge in [-0.3, -0.25) is 4.79 Å². The lowest BCUT2D eigenvalue weighted by atomic mass is 10.2. The van der Waals surface area contributed by atoms with E-state index in [0.717, 1.165) is 0 Å². The molecule has 0 aliphatic heterocycles. The molecular formula is C11H13Br2NO2. The van der Waals surface area contributed by atoms with Crippen molar-refractivity contribution in [3.8, 4) is 5.75 Å². The average Bonchev–Trinajstić information content (AvgIpc) is 2.20. The summed E-state index contributed by atoms with van der Waals surface area (Å²) in [5.74, 6) is -0.0276. The van der Waals surface area contributed by atoms with E-state index in [-0.39, 0.29) is 16.5 Å². The number of nitrogens with zero attached hydrogens (tertiary/aromatic N) is 1. The van der Waals surface area contributed by atoms with E-state index in [4.69, 9.17) is 0 Å². The first-order valence-corrected chi connectivity index (χ1v) is 6.50. The van der Waals surface area contributed by atoms with Crippen molar-refractivity contribution in [2.75, 3.05) is 13.6 Å². The molecule has 0 saturated carbocycles. The molecule has 5 heteroatoms. The first-order chi connectivity index (χ1) is 7.41. The number of hydrogen-bond donors (Lipinski definition) is 1. The molecule has 1 aromatic rings. The molecule has 0 saturated heterocycles. The molecule has 1 amide bonds.